The van der Waals surface area contributed by atoms with E-state index in [1.54, 1.807) is 18.2 Å². The van der Waals surface area contributed by atoms with Crippen LogP contribution in [0.2, 0.25) is 0 Å². The van der Waals surface area contributed by atoms with Crippen LogP contribution in [0.25, 0.3) is 0 Å². The molecule has 0 saturated carbocycles. The van der Waals surface area contributed by atoms with Gasteiger partial charge in [-0.2, -0.15) is 0 Å². The number of amides is 1. The number of carbonyl (C=O) groups is 1. The summed E-state index contributed by atoms with van der Waals surface area (Å²) in [5.74, 6) is -0.107. The van der Waals surface area contributed by atoms with Gasteiger partial charge in [0.25, 0.3) is 5.91 Å². The Morgan fingerprint density at radius 3 is 3.00 bits per heavy atom. The van der Waals surface area contributed by atoms with Gasteiger partial charge in [-0.1, -0.05) is 12.1 Å². The summed E-state index contributed by atoms with van der Waals surface area (Å²) in [7, 11) is 0. The van der Waals surface area contributed by atoms with Crippen LogP contribution in [0.4, 0.5) is 5.69 Å². The lowest BCUT2D eigenvalue weighted by Crippen LogP contribution is -2.27. The van der Waals surface area contributed by atoms with E-state index in [0.29, 0.717) is 5.69 Å². The third-order valence-corrected chi connectivity index (χ3v) is 2.90. The molecule has 4 heteroatoms. The molecular weight excluding hydrogens is 218 g/mol. The molecule has 17 heavy (non-hydrogen) atoms. The van der Waals surface area contributed by atoms with Crippen LogP contribution < -0.4 is 5.32 Å². The van der Waals surface area contributed by atoms with Crippen LogP contribution >= 0.6 is 0 Å². The van der Waals surface area contributed by atoms with E-state index in [2.05, 4.69) is 5.32 Å². The number of aliphatic hydroxyl groups excluding tert-OH is 1. The number of hydrogen-bond acceptors (Lipinski definition) is 3. The van der Waals surface area contributed by atoms with Gasteiger partial charge in [0, 0.05) is 5.69 Å². The van der Waals surface area contributed by atoms with Crippen LogP contribution in [0.3, 0.4) is 0 Å². The molecule has 0 radical (unpaired) electrons. The molecule has 1 fully saturated rings. The van der Waals surface area contributed by atoms with E-state index in [4.69, 9.17) is 9.84 Å². The summed E-state index contributed by atoms with van der Waals surface area (Å²) in [6, 6.07) is 7.18. The summed E-state index contributed by atoms with van der Waals surface area (Å²) in [4.78, 5) is 11.9. The number of carbonyl (C=O) groups excluding carboxylic acids is 1. The Bertz CT molecular complexity index is 405. The SMILES string of the molecule is CC1CCC(C(=O)Nc2cccc(CO)c2)O1. The number of aliphatic hydroxyl groups is 1. The summed E-state index contributed by atoms with van der Waals surface area (Å²) in [5, 5.41) is 11.8. The Kier molecular flexibility index (Phi) is 3.76. The number of rotatable bonds is 3. The second kappa shape index (κ2) is 5.29. The zero-order valence-corrected chi connectivity index (χ0v) is 9.85. The number of benzene rings is 1. The van der Waals surface area contributed by atoms with Crippen molar-refractivity contribution >= 4 is 11.6 Å². The number of ether oxygens (including phenoxy) is 1. The fourth-order valence-electron chi connectivity index (χ4n) is 1.97. The van der Waals surface area contributed by atoms with Gasteiger partial charge in [0.15, 0.2) is 0 Å². The fraction of sp³-hybridized carbons (Fsp3) is 0.462. The highest BCUT2D eigenvalue weighted by Crippen LogP contribution is 2.20. The molecule has 92 valence electrons. The van der Waals surface area contributed by atoms with E-state index in [9.17, 15) is 4.79 Å². The Balaban J connectivity index is 1.98. The minimum Gasteiger partial charge on any atom is -0.392 e. The predicted octanol–water partition coefficient (Wildman–Crippen LogP) is 1.68. The van der Waals surface area contributed by atoms with Gasteiger partial charge in [0.05, 0.1) is 12.7 Å². The lowest BCUT2D eigenvalue weighted by Gasteiger charge is -2.12. The van der Waals surface area contributed by atoms with Gasteiger partial charge < -0.3 is 15.2 Å². The maximum atomic E-state index is 11.9. The Hall–Kier alpha value is -1.39. The minimum absolute atomic E-state index is 0.0271. The summed E-state index contributed by atoms with van der Waals surface area (Å²) < 4.78 is 5.49. The molecule has 2 N–H and O–H groups in total. The van der Waals surface area contributed by atoms with Gasteiger partial charge in [0.2, 0.25) is 0 Å². The maximum absolute atomic E-state index is 11.9. The molecule has 4 nitrogen and oxygen atoms in total. The lowest BCUT2D eigenvalue weighted by atomic mass is 10.2. The maximum Gasteiger partial charge on any atom is 0.253 e. The number of anilines is 1. The van der Waals surface area contributed by atoms with Crippen LogP contribution in [-0.2, 0) is 16.1 Å². The van der Waals surface area contributed by atoms with Crippen molar-refractivity contribution in [2.75, 3.05) is 5.32 Å². The van der Waals surface area contributed by atoms with Gasteiger partial charge >= 0.3 is 0 Å². The summed E-state index contributed by atoms with van der Waals surface area (Å²) >= 11 is 0. The molecule has 1 aromatic carbocycles. The molecule has 2 unspecified atom stereocenters. The molecule has 1 aromatic rings. The highest BCUT2D eigenvalue weighted by Gasteiger charge is 2.28. The van der Waals surface area contributed by atoms with Crippen molar-refractivity contribution in [2.45, 2.75) is 38.6 Å². The average Bonchev–Trinajstić information content (AvgIpc) is 2.76. The molecule has 1 amide bonds. The van der Waals surface area contributed by atoms with Gasteiger partial charge in [-0.15, -0.1) is 0 Å². The van der Waals surface area contributed by atoms with E-state index < -0.39 is 0 Å². The molecule has 0 bridgehead atoms. The number of hydrogen-bond donors (Lipinski definition) is 2. The van der Waals surface area contributed by atoms with Crippen LogP contribution in [-0.4, -0.2) is 23.2 Å². The standard InChI is InChI=1S/C13H17NO3/c1-9-5-6-12(17-9)13(16)14-11-4-2-3-10(7-11)8-15/h2-4,7,9,12,15H,5-6,8H2,1H3,(H,14,16). The Labute approximate surface area is 101 Å². The molecule has 2 atom stereocenters. The largest absolute Gasteiger partial charge is 0.392 e. The quantitative estimate of drug-likeness (QED) is 0.838. The highest BCUT2D eigenvalue weighted by molar-refractivity contribution is 5.94. The molecule has 1 saturated heterocycles. The van der Waals surface area contributed by atoms with Gasteiger partial charge in [-0.25, -0.2) is 0 Å². The van der Waals surface area contributed by atoms with E-state index in [-0.39, 0.29) is 24.7 Å². The molecule has 1 heterocycles. The lowest BCUT2D eigenvalue weighted by molar-refractivity contribution is -0.126. The van der Waals surface area contributed by atoms with Crippen molar-refractivity contribution in [1.82, 2.24) is 0 Å². The average molecular weight is 235 g/mol. The van der Waals surface area contributed by atoms with Crippen LogP contribution in [0, 0.1) is 0 Å². The van der Waals surface area contributed by atoms with E-state index >= 15 is 0 Å². The van der Waals surface area contributed by atoms with Gasteiger partial charge in [-0.05, 0) is 37.5 Å². The van der Waals surface area contributed by atoms with Crippen LogP contribution in [0.15, 0.2) is 24.3 Å². The summed E-state index contributed by atoms with van der Waals surface area (Å²) in [6.07, 6.45) is 1.51. The summed E-state index contributed by atoms with van der Waals surface area (Å²) in [6.45, 7) is 1.94. The van der Waals surface area contributed by atoms with E-state index in [1.165, 1.54) is 0 Å². The number of nitrogens with one attached hydrogen (secondary N) is 1. The Morgan fingerprint density at radius 1 is 1.53 bits per heavy atom. The van der Waals surface area contributed by atoms with Crippen molar-refractivity contribution in [3.8, 4) is 0 Å². The monoisotopic (exact) mass is 235 g/mol. The smallest absolute Gasteiger partial charge is 0.253 e. The van der Waals surface area contributed by atoms with E-state index in [0.717, 1.165) is 18.4 Å². The van der Waals surface area contributed by atoms with Gasteiger partial charge in [0.1, 0.15) is 6.10 Å². The van der Waals surface area contributed by atoms with E-state index in [1.807, 2.05) is 13.0 Å². The molecule has 0 aliphatic carbocycles. The van der Waals surface area contributed by atoms with Crippen molar-refractivity contribution < 1.29 is 14.6 Å². The molecule has 0 spiro atoms. The van der Waals surface area contributed by atoms with Crippen molar-refractivity contribution in [2.24, 2.45) is 0 Å². The second-order valence-corrected chi connectivity index (χ2v) is 4.36. The molecule has 2 rings (SSSR count). The van der Waals surface area contributed by atoms with Crippen molar-refractivity contribution in [3.05, 3.63) is 29.8 Å². The predicted molar refractivity (Wildman–Crippen MR) is 64.6 cm³/mol. The summed E-state index contributed by atoms with van der Waals surface area (Å²) in [5.41, 5.74) is 1.48. The first kappa shape index (κ1) is 12.1. The third kappa shape index (κ3) is 3.05. The first-order chi connectivity index (χ1) is 8.19. The molecule has 1 aliphatic heterocycles. The first-order valence-electron chi connectivity index (χ1n) is 5.85. The van der Waals surface area contributed by atoms with Crippen molar-refractivity contribution in [3.63, 3.8) is 0 Å². The zero-order chi connectivity index (χ0) is 12.3. The molecule has 0 aromatic heterocycles. The molecular formula is C13H17NO3. The second-order valence-electron chi connectivity index (χ2n) is 4.36. The third-order valence-electron chi connectivity index (χ3n) is 2.90. The fourth-order valence-corrected chi connectivity index (χ4v) is 1.97. The van der Waals surface area contributed by atoms with Crippen LogP contribution in [0.5, 0.6) is 0 Å². The highest BCUT2D eigenvalue weighted by atomic mass is 16.5. The van der Waals surface area contributed by atoms with Crippen LogP contribution in [0.1, 0.15) is 25.3 Å². The molecule has 1 aliphatic rings. The Morgan fingerprint density at radius 2 is 2.35 bits per heavy atom. The first-order valence-corrected chi connectivity index (χ1v) is 5.85. The topological polar surface area (TPSA) is 58.6 Å². The minimum atomic E-state index is -0.345. The zero-order valence-electron chi connectivity index (χ0n) is 9.85. The normalized spacial score (nSPS) is 23.6. The van der Waals surface area contributed by atoms with Crippen molar-refractivity contribution in [1.29, 1.82) is 0 Å². The van der Waals surface area contributed by atoms with Gasteiger partial charge in [-0.3, -0.25) is 4.79 Å².